The Kier molecular flexibility index (Phi) is 4.46. The Morgan fingerprint density at radius 3 is 2.35 bits per heavy atom. The fourth-order valence-electron chi connectivity index (χ4n) is 1.23. The van der Waals surface area contributed by atoms with Gasteiger partial charge in [-0.3, -0.25) is 4.79 Å². The van der Waals surface area contributed by atoms with E-state index in [1.54, 1.807) is 31.2 Å². The topological polar surface area (TPSA) is 63.6 Å². The van der Waals surface area contributed by atoms with E-state index in [1.165, 1.54) is 0 Å². The number of hydrogen-bond acceptors (Lipinski definition) is 3. The van der Waals surface area contributed by atoms with Gasteiger partial charge in [0.2, 0.25) is 5.78 Å². The number of ketones is 1. The molecule has 0 aliphatic heterocycles. The fourth-order valence-corrected chi connectivity index (χ4v) is 1.23. The molecule has 1 aromatic carbocycles. The van der Waals surface area contributed by atoms with Gasteiger partial charge in [-0.05, 0) is 13.8 Å². The molecule has 0 unspecified atom stereocenters. The standard InChI is InChI=1S/C13H14O4/c1-3-17-8-11(13(15)16)12(14)10-6-4-9(2)5-7-10/h4-8H,3H2,1-2H3,(H,15,16)/b11-8+. The molecule has 0 heterocycles. The molecule has 0 atom stereocenters. The smallest absolute Gasteiger partial charge is 0.342 e. The first kappa shape index (κ1) is 13.0. The molecule has 1 N–H and O–H groups in total. The van der Waals surface area contributed by atoms with Crippen molar-refractivity contribution < 1.29 is 19.4 Å². The minimum Gasteiger partial charge on any atom is -0.500 e. The Balaban J connectivity index is 3.00. The quantitative estimate of drug-likeness (QED) is 0.279. The van der Waals surface area contributed by atoms with Crippen LogP contribution in [0.2, 0.25) is 0 Å². The van der Waals surface area contributed by atoms with Crippen LogP contribution in [0.4, 0.5) is 0 Å². The van der Waals surface area contributed by atoms with Gasteiger partial charge in [0.25, 0.3) is 0 Å². The van der Waals surface area contributed by atoms with Gasteiger partial charge in [-0.1, -0.05) is 29.8 Å². The van der Waals surface area contributed by atoms with Crippen LogP contribution >= 0.6 is 0 Å². The number of benzene rings is 1. The monoisotopic (exact) mass is 234 g/mol. The third kappa shape index (κ3) is 3.45. The van der Waals surface area contributed by atoms with Crippen molar-refractivity contribution in [1.29, 1.82) is 0 Å². The number of hydrogen-bond donors (Lipinski definition) is 1. The van der Waals surface area contributed by atoms with E-state index in [0.717, 1.165) is 11.8 Å². The molecule has 0 saturated heterocycles. The van der Waals surface area contributed by atoms with Crippen LogP contribution in [-0.2, 0) is 9.53 Å². The predicted octanol–water partition coefficient (Wildman–Crippen LogP) is 2.18. The zero-order valence-electron chi connectivity index (χ0n) is 9.77. The summed E-state index contributed by atoms with van der Waals surface area (Å²) >= 11 is 0. The molecule has 0 fully saturated rings. The Morgan fingerprint density at radius 1 is 1.29 bits per heavy atom. The lowest BCUT2D eigenvalue weighted by Gasteiger charge is -2.03. The first-order chi connectivity index (χ1) is 8.06. The summed E-state index contributed by atoms with van der Waals surface area (Å²) in [4.78, 5) is 22.8. The van der Waals surface area contributed by atoms with E-state index in [0.29, 0.717) is 12.2 Å². The molecule has 0 aliphatic rings. The lowest BCUT2D eigenvalue weighted by atomic mass is 10.0. The summed E-state index contributed by atoms with van der Waals surface area (Å²) in [5, 5.41) is 8.92. The first-order valence-corrected chi connectivity index (χ1v) is 5.22. The summed E-state index contributed by atoms with van der Waals surface area (Å²) in [6.45, 7) is 3.92. The molecule has 0 aromatic heterocycles. The number of carbonyl (C=O) groups is 2. The van der Waals surface area contributed by atoms with E-state index >= 15 is 0 Å². The number of carboxylic acid groups (broad SMARTS) is 1. The average molecular weight is 234 g/mol. The van der Waals surface area contributed by atoms with Crippen molar-refractivity contribution in [3.63, 3.8) is 0 Å². The summed E-state index contributed by atoms with van der Waals surface area (Å²) in [5.41, 5.74) is 0.979. The van der Waals surface area contributed by atoms with Crippen LogP contribution < -0.4 is 0 Å². The highest BCUT2D eigenvalue weighted by atomic mass is 16.5. The van der Waals surface area contributed by atoms with Crippen molar-refractivity contribution in [3.8, 4) is 0 Å². The summed E-state index contributed by atoms with van der Waals surface area (Å²) in [7, 11) is 0. The molecule has 0 radical (unpaired) electrons. The molecular weight excluding hydrogens is 220 g/mol. The maximum atomic E-state index is 11.9. The van der Waals surface area contributed by atoms with Gasteiger partial charge in [0.1, 0.15) is 11.8 Å². The van der Waals surface area contributed by atoms with Crippen LogP contribution in [0.15, 0.2) is 36.1 Å². The maximum Gasteiger partial charge on any atom is 0.342 e. The lowest BCUT2D eigenvalue weighted by Crippen LogP contribution is -2.13. The van der Waals surface area contributed by atoms with Crippen molar-refractivity contribution in [2.24, 2.45) is 0 Å². The third-order valence-electron chi connectivity index (χ3n) is 2.16. The molecule has 1 aromatic rings. The average Bonchev–Trinajstić information content (AvgIpc) is 2.29. The fraction of sp³-hybridized carbons (Fsp3) is 0.231. The third-order valence-corrected chi connectivity index (χ3v) is 2.16. The zero-order chi connectivity index (χ0) is 12.8. The number of rotatable bonds is 5. The summed E-state index contributed by atoms with van der Waals surface area (Å²) in [6.07, 6.45) is 0.991. The number of carboxylic acids is 1. The zero-order valence-corrected chi connectivity index (χ0v) is 9.77. The molecule has 0 amide bonds. The maximum absolute atomic E-state index is 11.9. The number of carbonyl (C=O) groups excluding carboxylic acids is 1. The van der Waals surface area contributed by atoms with E-state index in [4.69, 9.17) is 9.84 Å². The number of Topliss-reactive ketones (excluding diaryl/α,β-unsaturated/α-hetero) is 1. The van der Waals surface area contributed by atoms with Crippen molar-refractivity contribution in [1.82, 2.24) is 0 Å². The van der Waals surface area contributed by atoms with Gasteiger partial charge in [0.05, 0.1) is 6.61 Å². The van der Waals surface area contributed by atoms with Gasteiger partial charge < -0.3 is 9.84 Å². The molecule has 0 saturated carbocycles. The van der Waals surface area contributed by atoms with Crippen molar-refractivity contribution >= 4 is 11.8 Å². The van der Waals surface area contributed by atoms with E-state index in [1.807, 2.05) is 6.92 Å². The van der Waals surface area contributed by atoms with E-state index in [2.05, 4.69) is 0 Å². The van der Waals surface area contributed by atoms with Gasteiger partial charge in [-0.15, -0.1) is 0 Å². The van der Waals surface area contributed by atoms with Crippen LogP contribution in [0.3, 0.4) is 0 Å². The van der Waals surface area contributed by atoms with E-state index in [9.17, 15) is 9.59 Å². The molecule has 0 spiro atoms. The van der Waals surface area contributed by atoms with Crippen molar-refractivity contribution in [2.45, 2.75) is 13.8 Å². The minimum absolute atomic E-state index is 0.317. The van der Waals surface area contributed by atoms with Crippen LogP contribution in [0.1, 0.15) is 22.8 Å². The minimum atomic E-state index is -1.29. The Morgan fingerprint density at radius 2 is 1.88 bits per heavy atom. The molecule has 90 valence electrons. The summed E-state index contributed by atoms with van der Waals surface area (Å²) < 4.78 is 4.86. The molecule has 1 rings (SSSR count). The molecule has 4 heteroatoms. The predicted molar refractivity (Wildman–Crippen MR) is 62.9 cm³/mol. The molecule has 0 bridgehead atoms. The Labute approximate surface area is 99.5 Å². The molecule has 4 nitrogen and oxygen atoms in total. The summed E-state index contributed by atoms with van der Waals surface area (Å²) in [5.74, 6) is -1.84. The van der Waals surface area contributed by atoms with Gasteiger partial charge in [0, 0.05) is 5.56 Å². The largest absolute Gasteiger partial charge is 0.500 e. The Bertz CT molecular complexity index is 443. The highest BCUT2D eigenvalue weighted by Gasteiger charge is 2.19. The second-order valence-corrected chi connectivity index (χ2v) is 3.49. The van der Waals surface area contributed by atoms with Crippen molar-refractivity contribution in [3.05, 3.63) is 47.2 Å². The van der Waals surface area contributed by atoms with E-state index in [-0.39, 0.29) is 5.57 Å². The molecular formula is C13H14O4. The number of aliphatic carboxylic acids is 1. The molecule has 17 heavy (non-hydrogen) atoms. The van der Waals surface area contributed by atoms with Crippen LogP contribution in [-0.4, -0.2) is 23.5 Å². The van der Waals surface area contributed by atoms with Crippen LogP contribution in [0.5, 0.6) is 0 Å². The second-order valence-electron chi connectivity index (χ2n) is 3.49. The van der Waals surface area contributed by atoms with Gasteiger partial charge in [-0.2, -0.15) is 0 Å². The molecule has 0 aliphatic carbocycles. The highest BCUT2D eigenvalue weighted by molar-refractivity contribution is 6.23. The van der Waals surface area contributed by atoms with E-state index < -0.39 is 11.8 Å². The van der Waals surface area contributed by atoms with Gasteiger partial charge in [-0.25, -0.2) is 4.79 Å². The van der Waals surface area contributed by atoms with Crippen LogP contribution in [0.25, 0.3) is 0 Å². The number of ether oxygens (including phenoxy) is 1. The normalized spacial score (nSPS) is 11.1. The summed E-state index contributed by atoms with van der Waals surface area (Å²) in [6, 6.07) is 6.71. The van der Waals surface area contributed by atoms with Crippen LogP contribution in [0, 0.1) is 6.92 Å². The van der Waals surface area contributed by atoms with Crippen molar-refractivity contribution in [2.75, 3.05) is 6.61 Å². The second kappa shape index (κ2) is 5.84. The Hall–Kier alpha value is -2.10. The van der Waals surface area contributed by atoms with Gasteiger partial charge >= 0.3 is 5.97 Å². The lowest BCUT2D eigenvalue weighted by molar-refractivity contribution is -0.132. The number of aryl methyl sites for hydroxylation is 1. The SMILES string of the molecule is CCO/C=C(/C(=O)O)C(=O)c1ccc(C)cc1. The first-order valence-electron chi connectivity index (χ1n) is 5.22. The highest BCUT2D eigenvalue weighted by Crippen LogP contribution is 2.10. The van der Waals surface area contributed by atoms with Gasteiger partial charge in [0.15, 0.2) is 0 Å².